The maximum atomic E-state index is 12.6. The first-order chi connectivity index (χ1) is 9.86. The number of hydrogen-bond donors (Lipinski definition) is 3. The van der Waals surface area contributed by atoms with Crippen molar-refractivity contribution >= 4 is 35.7 Å². The average molecular weight is 358 g/mol. The molecule has 2 amide bonds. The number of carbonyl (C=O) groups excluding carboxylic acids is 1. The number of benzene rings is 1. The SMILES string of the molecule is Cl.O=C(Nc1cc(C(F)(F)F)ccc1Cl)N[C@H]1CCCNC1. The molecular formula is C13H16Cl2F3N3O. The number of amides is 2. The van der Waals surface area contributed by atoms with Crippen LogP contribution in [0.25, 0.3) is 0 Å². The molecule has 1 aliphatic rings. The second-order valence-electron chi connectivity index (χ2n) is 4.83. The largest absolute Gasteiger partial charge is 0.416 e. The number of anilines is 1. The first-order valence-electron chi connectivity index (χ1n) is 6.51. The molecule has 1 aliphatic heterocycles. The fourth-order valence-electron chi connectivity index (χ4n) is 2.12. The molecule has 1 saturated heterocycles. The van der Waals surface area contributed by atoms with E-state index in [9.17, 15) is 18.0 Å². The van der Waals surface area contributed by atoms with E-state index in [-0.39, 0.29) is 29.2 Å². The number of carbonyl (C=O) groups is 1. The Labute approximate surface area is 137 Å². The van der Waals surface area contributed by atoms with Crippen molar-refractivity contribution in [1.82, 2.24) is 10.6 Å². The summed E-state index contributed by atoms with van der Waals surface area (Å²) in [6.07, 6.45) is -2.71. The summed E-state index contributed by atoms with van der Waals surface area (Å²) < 4.78 is 37.9. The molecule has 0 spiro atoms. The van der Waals surface area contributed by atoms with Gasteiger partial charge in [0.1, 0.15) is 0 Å². The van der Waals surface area contributed by atoms with Crippen molar-refractivity contribution in [3.8, 4) is 0 Å². The number of hydrogen-bond acceptors (Lipinski definition) is 2. The lowest BCUT2D eigenvalue weighted by Crippen LogP contribution is -2.47. The van der Waals surface area contributed by atoms with Crippen LogP contribution in [0, 0.1) is 0 Å². The van der Waals surface area contributed by atoms with Gasteiger partial charge in [-0.2, -0.15) is 13.2 Å². The van der Waals surface area contributed by atoms with Gasteiger partial charge in [-0.15, -0.1) is 12.4 Å². The van der Waals surface area contributed by atoms with Gasteiger partial charge in [-0.3, -0.25) is 0 Å². The molecule has 4 nitrogen and oxygen atoms in total. The standard InChI is InChI=1S/C13H15ClF3N3O.ClH/c14-10-4-3-8(13(15,16)17)6-11(10)20-12(21)19-9-2-1-5-18-7-9;/h3-4,6,9,18H,1-2,5,7H2,(H2,19,20,21);1H/t9-;/m0./s1. The quantitative estimate of drug-likeness (QED) is 0.756. The van der Waals surface area contributed by atoms with E-state index in [0.717, 1.165) is 37.6 Å². The molecule has 0 aromatic heterocycles. The zero-order chi connectivity index (χ0) is 15.5. The van der Waals surface area contributed by atoms with Gasteiger partial charge in [-0.25, -0.2) is 4.79 Å². The van der Waals surface area contributed by atoms with Gasteiger partial charge in [-0.1, -0.05) is 11.6 Å². The smallest absolute Gasteiger partial charge is 0.334 e. The molecule has 0 aliphatic carbocycles. The molecule has 0 unspecified atom stereocenters. The maximum Gasteiger partial charge on any atom is 0.416 e. The zero-order valence-electron chi connectivity index (χ0n) is 11.5. The summed E-state index contributed by atoms with van der Waals surface area (Å²) in [6, 6.07) is 2.20. The summed E-state index contributed by atoms with van der Waals surface area (Å²) in [5.74, 6) is 0. The molecule has 1 heterocycles. The Morgan fingerprint density at radius 3 is 2.68 bits per heavy atom. The molecule has 3 N–H and O–H groups in total. The topological polar surface area (TPSA) is 53.2 Å². The van der Waals surface area contributed by atoms with E-state index >= 15 is 0 Å². The lowest BCUT2D eigenvalue weighted by molar-refractivity contribution is -0.137. The maximum absolute atomic E-state index is 12.6. The second kappa shape index (κ2) is 7.89. The van der Waals surface area contributed by atoms with Crippen molar-refractivity contribution in [3.63, 3.8) is 0 Å². The van der Waals surface area contributed by atoms with E-state index < -0.39 is 17.8 Å². The fraction of sp³-hybridized carbons (Fsp3) is 0.462. The van der Waals surface area contributed by atoms with Crippen LogP contribution >= 0.6 is 24.0 Å². The van der Waals surface area contributed by atoms with E-state index in [2.05, 4.69) is 16.0 Å². The van der Waals surface area contributed by atoms with Gasteiger partial charge >= 0.3 is 12.2 Å². The number of nitrogens with one attached hydrogen (secondary N) is 3. The Morgan fingerprint density at radius 1 is 1.36 bits per heavy atom. The minimum atomic E-state index is -4.48. The van der Waals surface area contributed by atoms with Crippen LogP contribution in [0.15, 0.2) is 18.2 Å². The van der Waals surface area contributed by atoms with Crippen LogP contribution in [-0.4, -0.2) is 25.2 Å². The molecule has 1 fully saturated rings. The summed E-state index contributed by atoms with van der Waals surface area (Å²) in [6.45, 7) is 1.54. The van der Waals surface area contributed by atoms with Crippen LogP contribution in [0.2, 0.25) is 5.02 Å². The van der Waals surface area contributed by atoms with E-state index in [0.29, 0.717) is 6.54 Å². The van der Waals surface area contributed by atoms with Crippen LogP contribution in [0.4, 0.5) is 23.7 Å². The second-order valence-corrected chi connectivity index (χ2v) is 5.24. The van der Waals surface area contributed by atoms with Crippen LogP contribution in [0.3, 0.4) is 0 Å². The molecule has 9 heteroatoms. The molecule has 2 rings (SSSR count). The van der Waals surface area contributed by atoms with Crippen LogP contribution < -0.4 is 16.0 Å². The Hall–Kier alpha value is -1.18. The average Bonchev–Trinajstić information content (AvgIpc) is 2.41. The number of alkyl halides is 3. The third kappa shape index (κ3) is 5.23. The van der Waals surface area contributed by atoms with Gasteiger partial charge < -0.3 is 16.0 Å². The highest BCUT2D eigenvalue weighted by Gasteiger charge is 2.31. The number of piperidine rings is 1. The fourth-order valence-corrected chi connectivity index (χ4v) is 2.28. The monoisotopic (exact) mass is 357 g/mol. The first-order valence-corrected chi connectivity index (χ1v) is 6.89. The number of rotatable bonds is 2. The molecule has 1 aromatic carbocycles. The normalized spacial score (nSPS) is 18.3. The van der Waals surface area contributed by atoms with Crippen molar-refractivity contribution < 1.29 is 18.0 Å². The van der Waals surface area contributed by atoms with Crippen molar-refractivity contribution in [2.45, 2.75) is 25.1 Å². The summed E-state index contributed by atoms with van der Waals surface area (Å²) in [7, 11) is 0. The summed E-state index contributed by atoms with van der Waals surface area (Å²) in [5.41, 5.74) is -0.922. The third-order valence-electron chi connectivity index (χ3n) is 3.17. The molecule has 124 valence electrons. The van der Waals surface area contributed by atoms with E-state index in [4.69, 9.17) is 11.6 Å². The minimum Gasteiger partial charge on any atom is -0.334 e. The van der Waals surface area contributed by atoms with Crippen LogP contribution in [0.1, 0.15) is 18.4 Å². The first kappa shape index (κ1) is 18.9. The van der Waals surface area contributed by atoms with E-state index in [1.165, 1.54) is 0 Å². The van der Waals surface area contributed by atoms with Gasteiger partial charge in [0.15, 0.2) is 0 Å². The van der Waals surface area contributed by atoms with Crippen molar-refractivity contribution in [2.75, 3.05) is 18.4 Å². The lowest BCUT2D eigenvalue weighted by Gasteiger charge is -2.24. The van der Waals surface area contributed by atoms with Gasteiger partial charge in [-0.05, 0) is 37.6 Å². The highest BCUT2D eigenvalue weighted by atomic mass is 35.5. The minimum absolute atomic E-state index is 0. The lowest BCUT2D eigenvalue weighted by atomic mass is 10.1. The molecular weight excluding hydrogens is 342 g/mol. The molecule has 0 bridgehead atoms. The highest BCUT2D eigenvalue weighted by molar-refractivity contribution is 6.33. The Morgan fingerprint density at radius 2 is 2.09 bits per heavy atom. The third-order valence-corrected chi connectivity index (χ3v) is 3.50. The highest BCUT2D eigenvalue weighted by Crippen LogP contribution is 2.33. The summed E-state index contributed by atoms with van der Waals surface area (Å²) in [5, 5.41) is 8.24. The predicted molar refractivity (Wildman–Crippen MR) is 81.7 cm³/mol. The van der Waals surface area contributed by atoms with E-state index in [1.807, 2.05) is 0 Å². The molecule has 1 aromatic rings. The number of halogens is 5. The molecule has 0 radical (unpaired) electrons. The van der Waals surface area contributed by atoms with Crippen LogP contribution in [-0.2, 0) is 6.18 Å². The van der Waals surface area contributed by atoms with E-state index in [1.54, 1.807) is 0 Å². The molecule has 22 heavy (non-hydrogen) atoms. The van der Waals surface area contributed by atoms with Gasteiger partial charge in [0, 0.05) is 12.6 Å². The Kier molecular flexibility index (Phi) is 6.77. The van der Waals surface area contributed by atoms with Crippen molar-refractivity contribution in [3.05, 3.63) is 28.8 Å². The molecule has 0 saturated carbocycles. The van der Waals surface area contributed by atoms with Crippen LogP contribution in [0.5, 0.6) is 0 Å². The molecule has 1 atom stereocenters. The summed E-state index contributed by atoms with van der Waals surface area (Å²) in [4.78, 5) is 11.8. The number of urea groups is 1. The van der Waals surface area contributed by atoms with Crippen molar-refractivity contribution in [2.24, 2.45) is 0 Å². The Bertz CT molecular complexity index is 520. The van der Waals surface area contributed by atoms with Gasteiger partial charge in [0.05, 0.1) is 16.3 Å². The Balaban J connectivity index is 0.00000242. The zero-order valence-corrected chi connectivity index (χ0v) is 13.0. The van der Waals surface area contributed by atoms with Crippen molar-refractivity contribution in [1.29, 1.82) is 0 Å². The van der Waals surface area contributed by atoms with Gasteiger partial charge in [0.25, 0.3) is 0 Å². The summed E-state index contributed by atoms with van der Waals surface area (Å²) >= 11 is 5.81. The van der Waals surface area contributed by atoms with Gasteiger partial charge in [0.2, 0.25) is 0 Å². The predicted octanol–water partition coefficient (Wildman–Crippen LogP) is 3.65.